The van der Waals surface area contributed by atoms with E-state index < -0.39 is 35.0 Å². The third kappa shape index (κ3) is 3.86. The highest BCUT2D eigenvalue weighted by Gasteiger charge is 2.23. The number of ether oxygens (including phenoxy) is 1. The van der Waals surface area contributed by atoms with Gasteiger partial charge in [-0.25, -0.2) is 15.4 Å². The van der Waals surface area contributed by atoms with Crippen molar-refractivity contribution in [3.63, 3.8) is 0 Å². The maximum Gasteiger partial charge on any atom is 0.315 e. The second-order valence-corrected chi connectivity index (χ2v) is 4.58. The molecular weight excluding hydrogens is 314 g/mol. The first-order valence-electron chi connectivity index (χ1n) is 6.37. The van der Waals surface area contributed by atoms with Crippen LogP contribution in [0.25, 0.3) is 4.85 Å². The van der Waals surface area contributed by atoms with Crippen LogP contribution >= 0.6 is 0 Å². The van der Waals surface area contributed by atoms with E-state index in [1.807, 2.05) is 0 Å². The van der Waals surface area contributed by atoms with Crippen LogP contribution in [-0.4, -0.2) is 5.97 Å². The summed E-state index contributed by atoms with van der Waals surface area (Å²) in [5.74, 6) is -9.34. The SMILES string of the molecule is [C-]#[N+]Cc1ccc(CC(=O)Oc2c(F)c(F)cc(F)c2F)cc1. The molecule has 2 aromatic rings. The minimum Gasteiger partial charge on any atom is -0.420 e. The lowest BCUT2D eigenvalue weighted by Gasteiger charge is -2.08. The van der Waals surface area contributed by atoms with Gasteiger partial charge in [0.05, 0.1) is 6.42 Å². The largest absolute Gasteiger partial charge is 0.420 e. The zero-order chi connectivity index (χ0) is 17.0. The van der Waals surface area contributed by atoms with Crippen LogP contribution in [0.1, 0.15) is 11.1 Å². The zero-order valence-corrected chi connectivity index (χ0v) is 11.6. The van der Waals surface area contributed by atoms with Gasteiger partial charge < -0.3 is 9.58 Å². The number of nitrogens with zero attached hydrogens (tertiary/aromatic N) is 1. The van der Waals surface area contributed by atoms with Crippen molar-refractivity contribution in [2.24, 2.45) is 0 Å². The number of halogens is 4. The maximum absolute atomic E-state index is 13.4. The molecule has 0 heterocycles. The Bertz CT molecular complexity index is 756. The van der Waals surface area contributed by atoms with Crippen molar-refractivity contribution in [2.75, 3.05) is 0 Å². The van der Waals surface area contributed by atoms with E-state index in [4.69, 9.17) is 6.57 Å². The molecule has 0 aliphatic carbocycles. The van der Waals surface area contributed by atoms with Crippen molar-refractivity contribution in [2.45, 2.75) is 13.0 Å². The molecule has 0 bridgehead atoms. The quantitative estimate of drug-likeness (QED) is 0.282. The summed E-state index contributed by atoms with van der Waals surface area (Å²) in [4.78, 5) is 14.9. The van der Waals surface area contributed by atoms with Crippen molar-refractivity contribution in [3.05, 3.63) is 76.1 Å². The number of carbonyl (C=O) groups is 1. The van der Waals surface area contributed by atoms with E-state index >= 15 is 0 Å². The summed E-state index contributed by atoms with van der Waals surface area (Å²) in [6.45, 7) is 6.91. The third-order valence-electron chi connectivity index (χ3n) is 2.92. The van der Waals surface area contributed by atoms with Gasteiger partial charge in [-0.2, -0.15) is 8.78 Å². The summed E-state index contributed by atoms with van der Waals surface area (Å²) in [5, 5.41) is 0. The van der Waals surface area contributed by atoms with Crippen LogP contribution in [0.5, 0.6) is 5.75 Å². The van der Waals surface area contributed by atoms with Gasteiger partial charge in [0.2, 0.25) is 23.9 Å². The van der Waals surface area contributed by atoms with Crippen LogP contribution in [0.2, 0.25) is 0 Å². The number of esters is 1. The van der Waals surface area contributed by atoms with Crippen LogP contribution in [0.4, 0.5) is 17.6 Å². The van der Waals surface area contributed by atoms with Crippen LogP contribution < -0.4 is 4.74 Å². The van der Waals surface area contributed by atoms with Crippen LogP contribution in [-0.2, 0) is 17.8 Å². The average molecular weight is 323 g/mol. The standard InChI is InChI=1S/C16H9F4NO2/c1-21-8-10-4-2-9(3-5-10)6-13(22)23-16-14(19)11(17)7-12(18)15(16)20/h2-5,7H,6,8H2. The fraction of sp³-hybridized carbons (Fsp3) is 0.125. The summed E-state index contributed by atoms with van der Waals surface area (Å²) in [6.07, 6.45) is -0.352. The predicted molar refractivity (Wildman–Crippen MR) is 72.4 cm³/mol. The van der Waals surface area contributed by atoms with Crippen LogP contribution in [0.15, 0.2) is 30.3 Å². The number of carbonyl (C=O) groups excluding carboxylic acids is 1. The second kappa shape index (κ2) is 6.92. The normalized spacial score (nSPS) is 10.2. The minimum atomic E-state index is -1.77. The lowest BCUT2D eigenvalue weighted by Crippen LogP contribution is -2.14. The zero-order valence-electron chi connectivity index (χ0n) is 11.6. The van der Waals surface area contributed by atoms with Gasteiger partial charge in [0, 0.05) is 11.6 Å². The molecule has 0 saturated carbocycles. The molecule has 7 heteroatoms. The highest BCUT2D eigenvalue weighted by atomic mass is 19.2. The Balaban J connectivity index is 2.13. The molecule has 0 unspecified atom stereocenters. The Kier molecular flexibility index (Phi) is 4.96. The highest BCUT2D eigenvalue weighted by molar-refractivity contribution is 5.75. The maximum atomic E-state index is 13.4. The molecule has 0 aromatic heterocycles. The summed E-state index contributed by atoms with van der Waals surface area (Å²) in [7, 11) is 0. The predicted octanol–water partition coefficient (Wildman–Crippen LogP) is 3.81. The number of rotatable bonds is 4. The van der Waals surface area contributed by atoms with Gasteiger partial charge in [-0.05, 0) is 5.56 Å². The van der Waals surface area contributed by atoms with Gasteiger partial charge in [0.1, 0.15) is 0 Å². The first-order valence-corrected chi connectivity index (χ1v) is 6.37. The van der Waals surface area contributed by atoms with Crippen molar-refractivity contribution >= 4 is 5.97 Å². The van der Waals surface area contributed by atoms with Crippen molar-refractivity contribution < 1.29 is 27.1 Å². The second-order valence-electron chi connectivity index (χ2n) is 4.58. The monoisotopic (exact) mass is 323 g/mol. The van der Waals surface area contributed by atoms with Gasteiger partial charge in [0.15, 0.2) is 11.6 Å². The van der Waals surface area contributed by atoms with Crippen molar-refractivity contribution in [3.8, 4) is 5.75 Å². The number of hydrogen-bond donors (Lipinski definition) is 0. The molecule has 0 saturated heterocycles. The van der Waals surface area contributed by atoms with Gasteiger partial charge >= 0.3 is 5.97 Å². The van der Waals surface area contributed by atoms with Crippen LogP contribution in [0, 0.1) is 29.8 Å². The van der Waals surface area contributed by atoms with E-state index in [9.17, 15) is 22.4 Å². The topological polar surface area (TPSA) is 30.7 Å². The van der Waals surface area contributed by atoms with E-state index in [0.29, 0.717) is 5.56 Å². The molecule has 0 amide bonds. The fourth-order valence-corrected chi connectivity index (χ4v) is 1.81. The molecule has 23 heavy (non-hydrogen) atoms. The summed E-state index contributed by atoms with van der Waals surface area (Å²) in [6, 6.07) is 6.34. The Labute approximate surface area is 128 Å². The number of benzene rings is 2. The molecule has 0 spiro atoms. The molecule has 3 nitrogen and oxygen atoms in total. The summed E-state index contributed by atoms with van der Waals surface area (Å²) in [5.41, 5.74) is 1.20. The summed E-state index contributed by atoms with van der Waals surface area (Å²) >= 11 is 0. The molecule has 0 aliphatic rings. The smallest absolute Gasteiger partial charge is 0.315 e. The van der Waals surface area contributed by atoms with Gasteiger partial charge in [-0.15, -0.1) is 0 Å². The van der Waals surface area contributed by atoms with E-state index in [0.717, 1.165) is 5.56 Å². The van der Waals surface area contributed by atoms with E-state index in [2.05, 4.69) is 9.58 Å². The van der Waals surface area contributed by atoms with Gasteiger partial charge in [-0.1, -0.05) is 24.3 Å². The first kappa shape index (κ1) is 16.5. The summed E-state index contributed by atoms with van der Waals surface area (Å²) < 4.78 is 57.2. The Morgan fingerprint density at radius 3 is 2.04 bits per heavy atom. The van der Waals surface area contributed by atoms with Crippen molar-refractivity contribution in [1.29, 1.82) is 0 Å². The first-order chi connectivity index (χ1) is 10.9. The highest BCUT2D eigenvalue weighted by Crippen LogP contribution is 2.26. The lowest BCUT2D eigenvalue weighted by molar-refractivity contribution is -0.134. The molecule has 0 N–H and O–H groups in total. The van der Waals surface area contributed by atoms with Gasteiger partial charge in [0.25, 0.3) is 0 Å². The van der Waals surface area contributed by atoms with Crippen LogP contribution in [0.3, 0.4) is 0 Å². The Morgan fingerprint density at radius 2 is 1.52 bits per heavy atom. The molecule has 0 radical (unpaired) electrons. The molecular formula is C16H9F4NO2. The molecule has 2 aromatic carbocycles. The third-order valence-corrected chi connectivity index (χ3v) is 2.92. The molecule has 2 rings (SSSR count). The van der Waals surface area contributed by atoms with E-state index in [-0.39, 0.29) is 19.0 Å². The minimum absolute atomic E-state index is 0.0259. The van der Waals surface area contributed by atoms with E-state index in [1.165, 1.54) is 0 Å². The van der Waals surface area contributed by atoms with Crippen molar-refractivity contribution in [1.82, 2.24) is 0 Å². The lowest BCUT2D eigenvalue weighted by atomic mass is 10.1. The van der Waals surface area contributed by atoms with E-state index in [1.54, 1.807) is 24.3 Å². The fourth-order valence-electron chi connectivity index (χ4n) is 1.81. The molecule has 0 aliphatic heterocycles. The Morgan fingerprint density at radius 1 is 1.00 bits per heavy atom. The average Bonchev–Trinajstić information content (AvgIpc) is 2.52. The molecule has 0 fully saturated rings. The molecule has 118 valence electrons. The number of hydrogen-bond acceptors (Lipinski definition) is 2. The van der Waals surface area contributed by atoms with Gasteiger partial charge in [-0.3, -0.25) is 4.79 Å². The molecule has 0 atom stereocenters. The Hall–Kier alpha value is -2.88.